The lowest BCUT2D eigenvalue weighted by Gasteiger charge is -2.43. The van der Waals surface area contributed by atoms with E-state index in [0.717, 1.165) is 33.4 Å². The number of aromatic carboxylic acids is 4. The molecule has 10 heteroatoms. The second-order valence-electron chi connectivity index (χ2n) is 10.9. The van der Waals surface area contributed by atoms with E-state index in [9.17, 15) is 39.6 Å². The minimum atomic E-state index is -1.41. The second-order valence-corrected chi connectivity index (χ2v) is 10.9. The average molecular weight is 615 g/mol. The Morgan fingerprint density at radius 1 is 0.435 bits per heavy atom. The first-order valence-electron chi connectivity index (χ1n) is 14.1. The molecule has 0 aliphatic heterocycles. The van der Waals surface area contributed by atoms with E-state index in [1.807, 2.05) is 48.5 Å². The molecule has 0 saturated heterocycles. The summed E-state index contributed by atoms with van der Waals surface area (Å²) in [5.41, 5.74) is 4.10. The van der Waals surface area contributed by atoms with Crippen LogP contribution in [0.1, 0.15) is 86.6 Å². The molecular weight excluding hydrogens is 592 g/mol. The van der Waals surface area contributed by atoms with Crippen LogP contribution in [-0.4, -0.2) is 44.3 Å². The van der Waals surface area contributed by atoms with Crippen molar-refractivity contribution in [3.8, 4) is 23.0 Å². The van der Waals surface area contributed by atoms with Gasteiger partial charge in [-0.2, -0.15) is 0 Å². The van der Waals surface area contributed by atoms with Gasteiger partial charge in [0.1, 0.15) is 23.0 Å². The summed E-state index contributed by atoms with van der Waals surface area (Å²) in [6, 6.07) is 26.8. The first kappa shape index (κ1) is 28.4. The molecule has 0 aromatic heterocycles. The predicted octanol–water partition coefficient (Wildman–Crippen LogP) is 7.05. The van der Waals surface area contributed by atoms with Gasteiger partial charge in [-0.15, -0.1) is 0 Å². The number of hydrogen-bond donors (Lipinski definition) is 4. The summed E-state index contributed by atoms with van der Waals surface area (Å²) in [6.07, 6.45) is 0. The van der Waals surface area contributed by atoms with Gasteiger partial charge in [0.05, 0.1) is 22.3 Å². The summed E-state index contributed by atoms with van der Waals surface area (Å²) in [6.45, 7) is 0. The molecule has 5 aromatic carbocycles. The van der Waals surface area contributed by atoms with Crippen LogP contribution in [0, 0.1) is 0 Å². The molecule has 0 spiro atoms. The van der Waals surface area contributed by atoms with Gasteiger partial charge < -0.3 is 29.9 Å². The van der Waals surface area contributed by atoms with Gasteiger partial charge >= 0.3 is 23.9 Å². The summed E-state index contributed by atoms with van der Waals surface area (Å²) in [4.78, 5) is 47.0. The smallest absolute Gasteiger partial charge is 0.336 e. The van der Waals surface area contributed by atoms with E-state index in [1.54, 1.807) is 12.1 Å². The van der Waals surface area contributed by atoms with Crippen LogP contribution in [0.2, 0.25) is 0 Å². The summed E-state index contributed by atoms with van der Waals surface area (Å²) in [7, 11) is 0. The number of benzene rings is 5. The Hall–Kier alpha value is -6.42. The zero-order valence-electron chi connectivity index (χ0n) is 23.6. The molecule has 0 radical (unpaired) electrons. The highest BCUT2D eigenvalue weighted by Crippen LogP contribution is 2.60. The van der Waals surface area contributed by atoms with Crippen molar-refractivity contribution < 1.29 is 49.1 Å². The number of hydrogen-bond acceptors (Lipinski definition) is 6. The van der Waals surface area contributed by atoms with Gasteiger partial charge in [-0.25, -0.2) is 19.2 Å². The molecule has 5 aromatic rings. The van der Waals surface area contributed by atoms with Crippen LogP contribution in [0.15, 0.2) is 97.1 Å². The Morgan fingerprint density at radius 2 is 0.761 bits per heavy atom. The monoisotopic (exact) mass is 614 g/mol. The lowest BCUT2D eigenvalue weighted by Crippen LogP contribution is -2.28. The molecule has 0 unspecified atom stereocenters. The highest BCUT2D eigenvalue weighted by molar-refractivity contribution is 6.02. The van der Waals surface area contributed by atoms with Crippen molar-refractivity contribution in [1.29, 1.82) is 0 Å². The van der Waals surface area contributed by atoms with Crippen molar-refractivity contribution in [3.05, 3.63) is 153 Å². The molecule has 0 fully saturated rings. The molecule has 0 heterocycles. The topological polar surface area (TPSA) is 168 Å². The average Bonchev–Trinajstić information content (AvgIpc) is 3.05. The molecule has 4 N–H and O–H groups in total. The number of carboxylic acid groups (broad SMARTS) is 4. The van der Waals surface area contributed by atoms with Gasteiger partial charge in [0.25, 0.3) is 0 Å². The second kappa shape index (κ2) is 10.6. The van der Waals surface area contributed by atoms with Crippen LogP contribution in [0.4, 0.5) is 0 Å². The Kier molecular flexibility index (Phi) is 6.56. The highest BCUT2D eigenvalue weighted by Gasteiger charge is 2.44. The SMILES string of the molecule is O=C(O)c1ccc(Oc2ccc(Oc3ccc(C(=O)O)c(C(=O)O)c3)c3c2C2c4ccccc4C3c3ccccc32)cc1C(=O)O. The summed E-state index contributed by atoms with van der Waals surface area (Å²) < 4.78 is 12.7. The molecule has 0 saturated carbocycles. The highest BCUT2D eigenvalue weighted by atomic mass is 16.5. The number of carboxylic acids is 4. The zero-order chi connectivity index (χ0) is 32.3. The van der Waals surface area contributed by atoms with E-state index in [2.05, 4.69) is 0 Å². The van der Waals surface area contributed by atoms with Crippen LogP contribution in [0.3, 0.4) is 0 Å². The third-order valence-corrected chi connectivity index (χ3v) is 8.38. The predicted molar refractivity (Wildman–Crippen MR) is 162 cm³/mol. The normalized spacial score (nSPS) is 15.2. The van der Waals surface area contributed by atoms with Crippen LogP contribution in [0.25, 0.3) is 0 Å². The van der Waals surface area contributed by atoms with E-state index < -0.39 is 35.0 Å². The van der Waals surface area contributed by atoms with E-state index >= 15 is 0 Å². The molecule has 0 amide bonds. The maximum Gasteiger partial charge on any atom is 0.336 e. The zero-order valence-corrected chi connectivity index (χ0v) is 23.6. The maximum atomic E-state index is 11.9. The van der Waals surface area contributed by atoms with Gasteiger partial charge in [-0.05, 0) is 70.8 Å². The fourth-order valence-corrected chi connectivity index (χ4v) is 6.55. The third kappa shape index (κ3) is 4.43. The summed E-state index contributed by atoms with van der Waals surface area (Å²) in [5.74, 6) is -5.17. The molecular formula is C36H22O10. The van der Waals surface area contributed by atoms with Gasteiger partial charge in [0, 0.05) is 23.0 Å². The quantitative estimate of drug-likeness (QED) is 0.139. The lowest BCUT2D eigenvalue weighted by atomic mass is 9.60. The number of carbonyl (C=O) groups is 4. The van der Waals surface area contributed by atoms with Crippen molar-refractivity contribution in [2.24, 2.45) is 0 Å². The van der Waals surface area contributed by atoms with Gasteiger partial charge in [-0.3, -0.25) is 0 Å². The molecule has 8 rings (SSSR count). The standard InChI is InChI=1S/C36H22O10/c37-33(38)23-11-9-17(15-25(23)35(41)42)45-27-13-14-28(46-18-10-12-24(34(39)40)26(16-18)36(43)44)32-30-20-6-2-1-5-19(20)29(31(27)32)21-7-3-4-8-22(21)30/h1-16,29-30H,(H,37,38)(H,39,40)(H,41,42)(H,43,44). The minimum Gasteiger partial charge on any atom is -0.478 e. The maximum absolute atomic E-state index is 11.9. The Bertz CT molecular complexity index is 1950. The molecule has 0 atom stereocenters. The summed E-state index contributed by atoms with van der Waals surface area (Å²) >= 11 is 0. The molecule has 3 aliphatic rings. The van der Waals surface area contributed by atoms with E-state index in [1.165, 1.54) is 36.4 Å². The van der Waals surface area contributed by atoms with Crippen molar-refractivity contribution >= 4 is 23.9 Å². The van der Waals surface area contributed by atoms with Crippen molar-refractivity contribution in [3.63, 3.8) is 0 Å². The summed E-state index contributed by atoms with van der Waals surface area (Å²) in [5, 5.41) is 38.3. The van der Waals surface area contributed by atoms with E-state index in [0.29, 0.717) is 11.5 Å². The number of ether oxygens (including phenoxy) is 2. The van der Waals surface area contributed by atoms with Crippen LogP contribution in [0.5, 0.6) is 23.0 Å². The van der Waals surface area contributed by atoms with Gasteiger partial charge in [-0.1, -0.05) is 48.5 Å². The van der Waals surface area contributed by atoms with Crippen molar-refractivity contribution in [2.75, 3.05) is 0 Å². The van der Waals surface area contributed by atoms with Crippen molar-refractivity contribution in [2.45, 2.75) is 11.8 Å². The molecule has 226 valence electrons. The van der Waals surface area contributed by atoms with E-state index in [-0.39, 0.29) is 34.5 Å². The van der Waals surface area contributed by atoms with Gasteiger partial charge in [0.15, 0.2) is 0 Å². The Morgan fingerprint density at radius 3 is 1.07 bits per heavy atom. The van der Waals surface area contributed by atoms with Crippen LogP contribution in [-0.2, 0) is 0 Å². The number of rotatable bonds is 8. The Labute approximate surface area is 260 Å². The fraction of sp³-hybridized carbons (Fsp3) is 0.0556. The fourth-order valence-electron chi connectivity index (χ4n) is 6.55. The largest absolute Gasteiger partial charge is 0.478 e. The Balaban J connectivity index is 1.42. The molecule has 46 heavy (non-hydrogen) atoms. The first-order valence-corrected chi connectivity index (χ1v) is 14.1. The molecule has 10 nitrogen and oxygen atoms in total. The van der Waals surface area contributed by atoms with Crippen molar-refractivity contribution in [1.82, 2.24) is 0 Å². The lowest BCUT2D eigenvalue weighted by molar-refractivity contribution is 0.0651. The third-order valence-electron chi connectivity index (χ3n) is 8.38. The molecule has 3 aliphatic carbocycles. The molecule has 2 bridgehead atoms. The van der Waals surface area contributed by atoms with Gasteiger partial charge in [0.2, 0.25) is 0 Å². The van der Waals surface area contributed by atoms with Crippen LogP contribution >= 0.6 is 0 Å². The minimum absolute atomic E-state index is 0.122. The first-order chi connectivity index (χ1) is 22.1. The van der Waals surface area contributed by atoms with Crippen LogP contribution < -0.4 is 9.47 Å². The van der Waals surface area contributed by atoms with E-state index in [4.69, 9.17) is 9.47 Å².